The molecule has 0 spiro atoms. The lowest BCUT2D eigenvalue weighted by atomic mass is 10.1. The molecule has 0 bridgehead atoms. The van der Waals surface area contributed by atoms with Gasteiger partial charge in [0.2, 0.25) is 0 Å². The zero-order valence-electron chi connectivity index (χ0n) is 9.62. The third kappa shape index (κ3) is 2.16. The van der Waals surface area contributed by atoms with E-state index < -0.39 is 0 Å². The number of anilines is 3. The fraction of sp³-hybridized carbons (Fsp3) is 0.143. The van der Waals surface area contributed by atoms with Crippen LogP contribution in [0.3, 0.4) is 0 Å². The molecule has 0 heterocycles. The van der Waals surface area contributed by atoms with E-state index in [-0.39, 0.29) is 0 Å². The summed E-state index contributed by atoms with van der Waals surface area (Å²) in [7, 11) is 0. The normalized spacial score (nSPS) is 10.1. The Kier molecular flexibility index (Phi) is 2.82. The summed E-state index contributed by atoms with van der Waals surface area (Å²) >= 11 is 0. The van der Waals surface area contributed by atoms with Crippen LogP contribution in [-0.2, 0) is 0 Å². The van der Waals surface area contributed by atoms with E-state index in [1.54, 1.807) is 0 Å². The molecule has 16 heavy (non-hydrogen) atoms. The molecule has 2 rings (SSSR count). The molecular weight excluding hydrogens is 196 g/mol. The predicted octanol–water partition coefficient (Wildman–Crippen LogP) is 3.63. The third-order valence-electron chi connectivity index (χ3n) is 2.62. The van der Waals surface area contributed by atoms with E-state index in [2.05, 4.69) is 24.4 Å². The molecule has 2 heteroatoms. The fourth-order valence-corrected chi connectivity index (χ4v) is 1.67. The summed E-state index contributed by atoms with van der Waals surface area (Å²) in [6.07, 6.45) is 0. The molecule has 0 aliphatic carbocycles. The molecule has 0 radical (unpaired) electrons. The van der Waals surface area contributed by atoms with Crippen LogP contribution in [0.5, 0.6) is 0 Å². The van der Waals surface area contributed by atoms with E-state index >= 15 is 0 Å². The number of nitrogens with one attached hydrogen (secondary N) is 1. The van der Waals surface area contributed by atoms with Crippen molar-refractivity contribution in [3.63, 3.8) is 0 Å². The Morgan fingerprint density at radius 3 is 2.50 bits per heavy atom. The molecule has 0 aliphatic heterocycles. The standard InChI is InChI=1S/C14H16N2/c1-10-5-3-7-12(9-10)16-13-8-4-6-11(2)14(13)15/h3-9,16H,15H2,1-2H3. The maximum atomic E-state index is 6.01. The lowest BCUT2D eigenvalue weighted by Crippen LogP contribution is -1.98. The number of nitrogen functional groups attached to an aromatic ring is 1. The number of benzene rings is 2. The van der Waals surface area contributed by atoms with Crippen molar-refractivity contribution in [2.45, 2.75) is 13.8 Å². The Morgan fingerprint density at radius 1 is 1.00 bits per heavy atom. The van der Waals surface area contributed by atoms with Crippen molar-refractivity contribution in [1.29, 1.82) is 0 Å². The second-order valence-corrected chi connectivity index (χ2v) is 4.03. The zero-order chi connectivity index (χ0) is 11.5. The Morgan fingerprint density at radius 2 is 1.75 bits per heavy atom. The van der Waals surface area contributed by atoms with Gasteiger partial charge < -0.3 is 11.1 Å². The van der Waals surface area contributed by atoms with Crippen LogP contribution >= 0.6 is 0 Å². The smallest absolute Gasteiger partial charge is 0.0620 e. The molecule has 0 aromatic heterocycles. The number of hydrogen-bond acceptors (Lipinski definition) is 2. The Labute approximate surface area is 96.1 Å². The number of aryl methyl sites for hydroxylation is 2. The van der Waals surface area contributed by atoms with E-state index in [9.17, 15) is 0 Å². The largest absolute Gasteiger partial charge is 0.397 e. The summed E-state index contributed by atoms with van der Waals surface area (Å²) in [5.74, 6) is 0. The van der Waals surface area contributed by atoms with E-state index in [1.165, 1.54) is 5.56 Å². The van der Waals surface area contributed by atoms with Gasteiger partial charge in [-0.2, -0.15) is 0 Å². The second-order valence-electron chi connectivity index (χ2n) is 4.03. The minimum absolute atomic E-state index is 0.809. The summed E-state index contributed by atoms with van der Waals surface area (Å²) in [6, 6.07) is 14.2. The average Bonchev–Trinajstić information content (AvgIpc) is 2.25. The minimum Gasteiger partial charge on any atom is -0.397 e. The van der Waals surface area contributed by atoms with Crippen molar-refractivity contribution < 1.29 is 0 Å². The summed E-state index contributed by atoms with van der Waals surface area (Å²) in [6.45, 7) is 4.08. The monoisotopic (exact) mass is 212 g/mol. The van der Waals surface area contributed by atoms with Crippen LogP contribution in [0.15, 0.2) is 42.5 Å². The van der Waals surface area contributed by atoms with Gasteiger partial charge in [0, 0.05) is 5.69 Å². The summed E-state index contributed by atoms with van der Waals surface area (Å²) < 4.78 is 0. The van der Waals surface area contributed by atoms with Crippen LogP contribution in [-0.4, -0.2) is 0 Å². The van der Waals surface area contributed by atoms with Gasteiger partial charge in [-0.05, 0) is 43.2 Å². The fourth-order valence-electron chi connectivity index (χ4n) is 1.67. The van der Waals surface area contributed by atoms with Gasteiger partial charge >= 0.3 is 0 Å². The molecule has 2 nitrogen and oxygen atoms in total. The van der Waals surface area contributed by atoms with Crippen LogP contribution in [0.1, 0.15) is 11.1 Å². The highest BCUT2D eigenvalue weighted by atomic mass is 14.9. The molecule has 3 N–H and O–H groups in total. The van der Waals surface area contributed by atoms with Gasteiger partial charge in [0.25, 0.3) is 0 Å². The van der Waals surface area contributed by atoms with Gasteiger partial charge in [0.05, 0.1) is 11.4 Å². The Balaban J connectivity index is 2.31. The molecule has 0 fully saturated rings. The van der Waals surface area contributed by atoms with Gasteiger partial charge in [-0.3, -0.25) is 0 Å². The lowest BCUT2D eigenvalue weighted by molar-refractivity contribution is 1.43. The van der Waals surface area contributed by atoms with Crippen LogP contribution < -0.4 is 11.1 Å². The Bertz CT molecular complexity index is 504. The van der Waals surface area contributed by atoms with Crippen molar-refractivity contribution in [3.05, 3.63) is 53.6 Å². The van der Waals surface area contributed by atoms with E-state index in [1.807, 2.05) is 37.3 Å². The van der Waals surface area contributed by atoms with E-state index in [0.29, 0.717) is 0 Å². The molecule has 0 atom stereocenters. The van der Waals surface area contributed by atoms with Gasteiger partial charge in [-0.25, -0.2) is 0 Å². The van der Waals surface area contributed by atoms with Gasteiger partial charge in [-0.15, -0.1) is 0 Å². The van der Waals surface area contributed by atoms with E-state index in [4.69, 9.17) is 5.73 Å². The first-order valence-corrected chi connectivity index (χ1v) is 5.35. The van der Waals surface area contributed by atoms with Gasteiger partial charge in [0.15, 0.2) is 0 Å². The average molecular weight is 212 g/mol. The minimum atomic E-state index is 0.809. The Hall–Kier alpha value is -1.96. The number of nitrogens with two attached hydrogens (primary N) is 1. The SMILES string of the molecule is Cc1cccc(Nc2cccc(C)c2N)c1. The highest BCUT2D eigenvalue weighted by Gasteiger charge is 2.01. The topological polar surface area (TPSA) is 38.0 Å². The number of rotatable bonds is 2. The molecule has 0 saturated heterocycles. The van der Waals surface area contributed by atoms with Crippen LogP contribution in [0.2, 0.25) is 0 Å². The van der Waals surface area contributed by atoms with Crippen LogP contribution in [0.25, 0.3) is 0 Å². The molecule has 0 saturated carbocycles. The lowest BCUT2D eigenvalue weighted by Gasteiger charge is -2.11. The van der Waals surface area contributed by atoms with E-state index in [0.717, 1.165) is 22.6 Å². The highest BCUT2D eigenvalue weighted by molar-refractivity contribution is 5.75. The first-order valence-electron chi connectivity index (χ1n) is 5.35. The van der Waals surface area contributed by atoms with Crippen LogP contribution in [0, 0.1) is 13.8 Å². The third-order valence-corrected chi connectivity index (χ3v) is 2.62. The maximum Gasteiger partial charge on any atom is 0.0620 e. The zero-order valence-corrected chi connectivity index (χ0v) is 9.62. The molecule has 2 aromatic carbocycles. The first-order chi connectivity index (χ1) is 7.66. The molecule has 2 aromatic rings. The molecule has 0 amide bonds. The quantitative estimate of drug-likeness (QED) is 0.746. The summed E-state index contributed by atoms with van der Waals surface area (Å²) in [4.78, 5) is 0. The molecule has 82 valence electrons. The molecule has 0 unspecified atom stereocenters. The molecule has 0 aliphatic rings. The highest BCUT2D eigenvalue weighted by Crippen LogP contribution is 2.25. The van der Waals surface area contributed by atoms with Crippen molar-refractivity contribution in [2.24, 2.45) is 0 Å². The van der Waals surface area contributed by atoms with Crippen molar-refractivity contribution in [1.82, 2.24) is 0 Å². The number of para-hydroxylation sites is 1. The second kappa shape index (κ2) is 4.27. The predicted molar refractivity (Wildman–Crippen MR) is 70.1 cm³/mol. The van der Waals surface area contributed by atoms with Gasteiger partial charge in [-0.1, -0.05) is 24.3 Å². The van der Waals surface area contributed by atoms with Gasteiger partial charge in [0.1, 0.15) is 0 Å². The maximum absolute atomic E-state index is 6.01. The van der Waals surface area contributed by atoms with Crippen molar-refractivity contribution in [2.75, 3.05) is 11.1 Å². The van der Waals surface area contributed by atoms with Crippen LogP contribution in [0.4, 0.5) is 17.1 Å². The van der Waals surface area contributed by atoms with Crippen molar-refractivity contribution in [3.8, 4) is 0 Å². The summed E-state index contributed by atoms with van der Waals surface area (Å²) in [5.41, 5.74) is 11.2. The first kappa shape index (κ1) is 10.6. The summed E-state index contributed by atoms with van der Waals surface area (Å²) in [5, 5.41) is 3.33. The number of hydrogen-bond donors (Lipinski definition) is 2. The van der Waals surface area contributed by atoms with Crippen molar-refractivity contribution >= 4 is 17.1 Å². The molecular formula is C14H16N2.